The smallest absolute Gasteiger partial charge is 0.146 e. The molecule has 1 unspecified atom stereocenters. The van der Waals surface area contributed by atoms with Crippen LogP contribution < -0.4 is 10.6 Å². The molecule has 0 radical (unpaired) electrons. The van der Waals surface area contributed by atoms with E-state index in [0.717, 1.165) is 30.8 Å². The first kappa shape index (κ1) is 14.8. The van der Waals surface area contributed by atoms with Crippen molar-refractivity contribution in [2.75, 3.05) is 31.1 Å². The zero-order chi connectivity index (χ0) is 14.8. The SMILES string of the molecule is C[C@@H](N)c1ccc(N2CCC(N3CCCCC3)C2)c(F)c1. The van der Waals surface area contributed by atoms with E-state index in [2.05, 4.69) is 9.80 Å². The first-order chi connectivity index (χ1) is 10.1. The summed E-state index contributed by atoms with van der Waals surface area (Å²) in [6, 6.07) is 5.92. The van der Waals surface area contributed by atoms with Crippen molar-refractivity contribution in [3.63, 3.8) is 0 Å². The molecule has 2 atom stereocenters. The Labute approximate surface area is 126 Å². The zero-order valence-corrected chi connectivity index (χ0v) is 12.9. The van der Waals surface area contributed by atoms with Crippen LogP contribution in [0.2, 0.25) is 0 Å². The third-order valence-electron chi connectivity index (χ3n) is 4.91. The maximum Gasteiger partial charge on any atom is 0.146 e. The molecule has 2 heterocycles. The molecule has 0 aromatic heterocycles. The van der Waals surface area contributed by atoms with Crippen LogP contribution in [0.4, 0.5) is 10.1 Å². The molecule has 2 N–H and O–H groups in total. The number of nitrogens with two attached hydrogens (primary N) is 1. The fourth-order valence-electron chi connectivity index (χ4n) is 3.61. The van der Waals surface area contributed by atoms with Gasteiger partial charge in [-0.05, 0) is 57.0 Å². The molecule has 1 aromatic rings. The van der Waals surface area contributed by atoms with Crippen LogP contribution in [-0.2, 0) is 0 Å². The predicted molar refractivity (Wildman–Crippen MR) is 85.0 cm³/mol. The zero-order valence-electron chi connectivity index (χ0n) is 12.9. The van der Waals surface area contributed by atoms with Gasteiger partial charge in [0.1, 0.15) is 5.82 Å². The summed E-state index contributed by atoms with van der Waals surface area (Å²) in [7, 11) is 0. The number of likely N-dealkylation sites (tertiary alicyclic amines) is 1. The minimum absolute atomic E-state index is 0.117. The Morgan fingerprint density at radius 3 is 2.62 bits per heavy atom. The van der Waals surface area contributed by atoms with E-state index in [9.17, 15) is 4.39 Å². The fraction of sp³-hybridized carbons (Fsp3) is 0.647. The van der Waals surface area contributed by atoms with Crippen molar-refractivity contribution in [3.8, 4) is 0 Å². The van der Waals surface area contributed by atoms with Crippen LogP contribution in [0, 0.1) is 5.82 Å². The van der Waals surface area contributed by atoms with Gasteiger partial charge in [-0.1, -0.05) is 12.5 Å². The molecule has 0 bridgehead atoms. The minimum atomic E-state index is -0.135. The summed E-state index contributed by atoms with van der Waals surface area (Å²) < 4.78 is 14.3. The molecule has 0 saturated carbocycles. The number of rotatable bonds is 3. The lowest BCUT2D eigenvalue weighted by Crippen LogP contribution is -2.40. The molecule has 3 nitrogen and oxygen atoms in total. The van der Waals surface area contributed by atoms with E-state index in [1.807, 2.05) is 19.1 Å². The number of anilines is 1. The van der Waals surface area contributed by atoms with E-state index >= 15 is 0 Å². The molecule has 2 fully saturated rings. The van der Waals surface area contributed by atoms with Gasteiger partial charge in [-0.3, -0.25) is 4.90 Å². The Hall–Kier alpha value is -1.13. The molecule has 116 valence electrons. The average molecular weight is 291 g/mol. The average Bonchev–Trinajstić information content (AvgIpc) is 2.97. The van der Waals surface area contributed by atoms with Crippen molar-refractivity contribution in [1.29, 1.82) is 0 Å². The first-order valence-corrected chi connectivity index (χ1v) is 8.19. The van der Waals surface area contributed by atoms with Gasteiger partial charge in [0, 0.05) is 25.2 Å². The quantitative estimate of drug-likeness (QED) is 0.929. The van der Waals surface area contributed by atoms with Crippen molar-refractivity contribution < 1.29 is 4.39 Å². The number of piperidine rings is 1. The number of halogens is 1. The van der Waals surface area contributed by atoms with Gasteiger partial charge in [-0.25, -0.2) is 4.39 Å². The number of hydrogen-bond donors (Lipinski definition) is 1. The van der Waals surface area contributed by atoms with Gasteiger partial charge in [0.15, 0.2) is 0 Å². The van der Waals surface area contributed by atoms with Crippen molar-refractivity contribution in [1.82, 2.24) is 4.90 Å². The monoisotopic (exact) mass is 291 g/mol. The fourth-order valence-corrected chi connectivity index (χ4v) is 3.61. The molecule has 1 aromatic carbocycles. The Morgan fingerprint density at radius 2 is 1.95 bits per heavy atom. The molecule has 3 rings (SSSR count). The summed E-state index contributed by atoms with van der Waals surface area (Å²) in [6.07, 6.45) is 5.14. The lowest BCUT2D eigenvalue weighted by Gasteiger charge is -2.32. The van der Waals surface area contributed by atoms with Crippen molar-refractivity contribution in [3.05, 3.63) is 29.6 Å². The second-order valence-corrected chi connectivity index (χ2v) is 6.48. The van der Waals surface area contributed by atoms with E-state index in [-0.39, 0.29) is 11.9 Å². The standard InChI is InChI=1S/C17H26FN3/c1-13(19)14-5-6-17(16(18)11-14)21-10-7-15(12-21)20-8-3-2-4-9-20/h5-6,11,13,15H,2-4,7-10,12,19H2,1H3/t13-,15?/m1/s1. The predicted octanol–water partition coefficient (Wildman–Crippen LogP) is 2.91. The number of nitrogens with zero attached hydrogens (tertiary/aromatic N) is 2. The molecule has 4 heteroatoms. The summed E-state index contributed by atoms with van der Waals surface area (Å²) in [6.45, 7) is 6.22. The van der Waals surface area contributed by atoms with Crippen LogP contribution in [0.25, 0.3) is 0 Å². The normalized spacial score (nSPS) is 25.3. The highest BCUT2D eigenvalue weighted by atomic mass is 19.1. The van der Waals surface area contributed by atoms with Crippen molar-refractivity contribution in [2.24, 2.45) is 5.73 Å². The van der Waals surface area contributed by atoms with Crippen LogP contribution in [0.15, 0.2) is 18.2 Å². The highest BCUT2D eigenvalue weighted by Gasteiger charge is 2.29. The Kier molecular flexibility index (Phi) is 4.45. The lowest BCUT2D eigenvalue weighted by molar-refractivity contribution is 0.175. The summed E-state index contributed by atoms with van der Waals surface area (Å²) in [5.41, 5.74) is 7.42. The van der Waals surface area contributed by atoms with Gasteiger partial charge in [0.05, 0.1) is 5.69 Å². The molecule has 0 amide bonds. The van der Waals surface area contributed by atoms with Gasteiger partial charge in [0.2, 0.25) is 0 Å². The van der Waals surface area contributed by atoms with Gasteiger partial charge in [0.25, 0.3) is 0 Å². The van der Waals surface area contributed by atoms with Gasteiger partial charge in [-0.2, -0.15) is 0 Å². The maximum absolute atomic E-state index is 14.3. The summed E-state index contributed by atoms with van der Waals surface area (Å²) in [5, 5.41) is 0. The van der Waals surface area contributed by atoms with Crippen LogP contribution in [0.3, 0.4) is 0 Å². The Bertz CT molecular complexity index is 483. The topological polar surface area (TPSA) is 32.5 Å². The first-order valence-electron chi connectivity index (χ1n) is 8.19. The van der Waals surface area contributed by atoms with E-state index in [1.165, 1.54) is 32.4 Å². The van der Waals surface area contributed by atoms with Crippen molar-refractivity contribution in [2.45, 2.75) is 44.7 Å². The minimum Gasteiger partial charge on any atom is -0.368 e. The van der Waals surface area contributed by atoms with Gasteiger partial charge in [-0.15, -0.1) is 0 Å². The van der Waals surface area contributed by atoms with E-state index < -0.39 is 0 Å². The molecule has 21 heavy (non-hydrogen) atoms. The number of benzene rings is 1. The molecule has 2 aliphatic rings. The van der Waals surface area contributed by atoms with E-state index in [1.54, 1.807) is 6.07 Å². The van der Waals surface area contributed by atoms with Crippen LogP contribution in [0.1, 0.15) is 44.2 Å². The van der Waals surface area contributed by atoms with Crippen LogP contribution in [-0.4, -0.2) is 37.1 Å². The summed E-state index contributed by atoms with van der Waals surface area (Å²) in [4.78, 5) is 4.79. The third-order valence-corrected chi connectivity index (χ3v) is 4.91. The molecule has 2 aliphatic heterocycles. The Morgan fingerprint density at radius 1 is 1.19 bits per heavy atom. The maximum atomic E-state index is 14.3. The molecular formula is C17H26FN3. The lowest BCUT2D eigenvalue weighted by atomic mass is 10.1. The van der Waals surface area contributed by atoms with Crippen LogP contribution in [0.5, 0.6) is 0 Å². The van der Waals surface area contributed by atoms with E-state index in [4.69, 9.17) is 5.73 Å². The van der Waals surface area contributed by atoms with Gasteiger partial charge >= 0.3 is 0 Å². The largest absolute Gasteiger partial charge is 0.368 e. The van der Waals surface area contributed by atoms with Crippen molar-refractivity contribution >= 4 is 5.69 Å². The molecule has 2 saturated heterocycles. The molecular weight excluding hydrogens is 265 g/mol. The highest BCUT2D eigenvalue weighted by molar-refractivity contribution is 5.50. The molecule has 0 aliphatic carbocycles. The number of hydrogen-bond acceptors (Lipinski definition) is 3. The highest BCUT2D eigenvalue weighted by Crippen LogP contribution is 2.28. The second-order valence-electron chi connectivity index (χ2n) is 6.48. The Balaban J connectivity index is 1.68. The molecule has 0 spiro atoms. The summed E-state index contributed by atoms with van der Waals surface area (Å²) >= 11 is 0. The third kappa shape index (κ3) is 3.22. The summed E-state index contributed by atoms with van der Waals surface area (Å²) in [5.74, 6) is -0.135. The second kappa shape index (κ2) is 6.32. The van der Waals surface area contributed by atoms with Gasteiger partial charge < -0.3 is 10.6 Å². The van der Waals surface area contributed by atoms with E-state index in [0.29, 0.717) is 6.04 Å². The van der Waals surface area contributed by atoms with Crippen LogP contribution >= 0.6 is 0 Å².